The minimum atomic E-state index is -0.636. The molecule has 1 aromatic rings. The summed E-state index contributed by atoms with van der Waals surface area (Å²) in [5.74, 6) is -0.996. The molecule has 1 rings (SSSR count). The molecular formula is C15H20BrN3O3. The molecule has 0 aliphatic heterocycles. The third-order valence-electron chi connectivity index (χ3n) is 2.84. The molecular weight excluding hydrogens is 350 g/mol. The lowest BCUT2D eigenvalue weighted by atomic mass is 10.2. The molecule has 0 saturated carbocycles. The Morgan fingerprint density at radius 2 is 1.77 bits per heavy atom. The van der Waals surface area contributed by atoms with E-state index in [0.717, 1.165) is 10.9 Å². The highest BCUT2D eigenvalue weighted by atomic mass is 79.9. The van der Waals surface area contributed by atoms with Crippen molar-refractivity contribution in [2.75, 3.05) is 13.1 Å². The van der Waals surface area contributed by atoms with E-state index in [-0.39, 0.29) is 18.4 Å². The van der Waals surface area contributed by atoms with Gasteiger partial charge in [-0.25, -0.2) is 0 Å². The van der Waals surface area contributed by atoms with E-state index in [1.807, 2.05) is 6.92 Å². The zero-order chi connectivity index (χ0) is 16.5. The number of benzene rings is 1. The lowest BCUT2D eigenvalue weighted by Crippen LogP contribution is -2.48. The second-order valence-electron chi connectivity index (χ2n) is 4.77. The molecule has 0 saturated heterocycles. The van der Waals surface area contributed by atoms with Gasteiger partial charge in [-0.1, -0.05) is 22.9 Å². The highest BCUT2D eigenvalue weighted by Crippen LogP contribution is 2.10. The molecule has 0 radical (unpaired) electrons. The number of hydrogen-bond acceptors (Lipinski definition) is 3. The molecule has 0 spiro atoms. The summed E-state index contributed by atoms with van der Waals surface area (Å²) in [6.07, 6.45) is 0.829. The van der Waals surface area contributed by atoms with Gasteiger partial charge in [0, 0.05) is 16.6 Å². The second-order valence-corrected chi connectivity index (χ2v) is 5.69. The fourth-order valence-corrected chi connectivity index (χ4v) is 1.89. The third-order valence-corrected chi connectivity index (χ3v) is 3.36. The SMILES string of the molecule is CCCNC(=O)[C@@H](C)NC(=O)CNC(=O)c1ccc(Br)cc1. The van der Waals surface area contributed by atoms with E-state index < -0.39 is 11.9 Å². The normalized spacial score (nSPS) is 11.4. The van der Waals surface area contributed by atoms with Crippen molar-refractivity contribution in [1.82, 2.24) is 16.0 Å². The molecule has 0 aliphatic rings. The van der Waals surface area contributed by atoms with E-state index in [1.54, 1.807) is 31.2 Å². The van der Waals surface area contributed by atoms with Crippen molar-refractivity contribution < 1.29 is 14.4 Å². The summed E-state index contributed by atoms with van der Waals surface area (Å²) < 4.78 is 0.869. The van der Waals surface area contributed by atoms with Crippen LogP contribution in [-0.4, -0.2) is 36.9 Å². The van der Waals surface area contributed by atoms with Crippen LogP contribution in [0.3, 0.4) is 0 Å². The summed E-state index contributed by atoms with van der Waals surface area (Å²) in [5.41, 5.74) is 0.463. The molecule has 3 amide bonds. The van der Waals surface area contributed by atoms with E-state index >= 15 is 0 Å². The van der Waals surface area contributed by atoms with Crippen molar-refractivity contribution in [3.8, 4) is 0 Å². The standard InChI is InChI=1S/C15H20BrN3O3/c1-3-8-17-14(21)10(2)19-13(20)9-18-15(22)11-4-6-12(16)7-5-11/h4-7,10H,3,8-9H2,1-2H3,(H,17,21)(H,18,22)(H,19,20)/t10-/m1/s1. The maximum Gasteiger partial charge on any atom is 0.251 e. The van der Waals surface area contributed by atoms with Gasteiger partial charge in [-0.05, 0) is 37.6 Å². The number of carbonyl (C=O) groups excluding carboxylic acids is 3. The van der Waals surface area contributed by atoms with Crippen LogP contribution in [0.5, 0.6) is 0 Å². The predicted octanol–water partition coefficient (Wildman–Crippen LogP) is 1.21. The third kappa shape index (κ3) is 6.26. The van der Waals surface area contributed by atoms with Gasteiger partial charge in [0.25, 0.3) is 5.91 Å². The highest BCUT2D eigenvalue weighted by Gasteiger charge is 2.15. The van der Waals surface area contributed by atoms with Crippen LogP contribution in [0.2, 0.25) is 0 Å². The Bertz CT molecular complexity index is 531. The summed E-state index contributed by atoms with van der Waals surface area (Å²) in [5, 5.41) is 7.73. The maximum absolute atomic E-state index is 11.8. The first kappa shape index (κ1) is 18.2. The fraction of sp³-hybridized carbons (Fsp3) is 0.400. The van der Waals surface area contributed by atoms with Gasteiger partial charge in [-0.3, -0.25) is 14.4 Å². The molecule has 0 heterocycles. The summed E-state index contributed by atoms with van der Waals surface area (Å²) in [6.45, 7) is 3.93. The Labute approximate surface area is 138 Å². The minimum absolute atomic E-state index is 0.180. The molecule has 0 unspecified atom stereocenters. The minimum Gasteiger partial charge on any atom is -0.354 e. The number of amides is 3. The van der Waals surface area contributed by atoms with E-state index in [1.165, 1.54) is 0 Å². The molecule has 6 nitrogen and oxygen atoms in total. The lowest BCUT2D eigenvalue weighted by Gasteiger charge is -2.14. The molecule has 3 N–H and O–H groups in total. The summed E-state index contributed by atoms with van der Waals surface area (Å²) in [7, 11) is 0. The van der Waals surface area contributed by atoms with Crippen LogP contribution < -0.4 is 16.0 Å². The number of hydrogen-bond donors (Lipinski definition) is 3. The van der Waals surface area contributed by atoms with Crippen molar-refractivity contribution in [3.05, 3.63) is 34.3 Å². The summed E-state index contributed by atoms with van der Waals surface area (Å²) in [4.78, 5) is 35.2. The average molecular weight is 370 g/mol. The predicted molar refractivity (Wildman–Crippen MR) is 87.4 cm³/mol. The number of carbonyl (C=O) groups is 3. The smallest absolute Gasteiger partial charge is 0.251 e. The zero-order valence-electron chi connectivity index (χ0n) is 12.6. The van der Waals surface area contributed by atoms with Gasteiger partial charge in [0.1, 0.15) is 6.04 Å². The fourth-order valence-electron chi connectivity index (χ4n) is 1.62. The van der Waals surface area contributed by atoms with Gasteiger partial charge >= 0.3 is 0 Å². The number of nitrogens with one attached hydrogen (secondary N) is 3. The van der Waals surface area contributed by atoms with Crippen LogP contribution in [0.25, 0.3) is 0 Å². The molecule has 0 aliphatic carbocycles. The maximum atomic E-state index is 11.8. The molecule has 7 heteroatoms. The Kier molecular flexibility index (Phi) is 7.59. The summed E-state index contributed by atoms with van der Waals surface area (Å²) >= 11 is 3.28. The van der Waals surface area contributed by atoms with Gasteiger partial charge in [-0.15, -0.1) is 0 Å². The van der Waals surface area contributed by atoms with Crippen molar-refractivity contribution in [2.45, 2.75) is 26.3 Å². The van der Waals surface area contributed by atoms with Gasteiger partial charge in [0.2, 0.25) is 11.8 Å². The van der Waals surface area contributed by atoms with Gasteiger partial charge in [0.15, 0.2) is 0 Å². The van der Waals surface area contributed by atoms with E-state index in [9.17, 15) is 14.4 Å². The van der Waals surface area contributed by atoms with Crippen LogP contribution in [0, 0.1) is 0 Å². The first-order chi connectivity index (χ1) is 10.4. The molecule has 0 aromatic heterocycles. The van der Waals surface area contributed by atoms with Crippen LogP contribution >= 0.6 is 15.9 Å². The molecule has 1 atom stereocenters. The lowest BCUT2D eigenvalue weighted by molar-refractivity contribution is -0.128. The average Bonchev–Trinajstić information content (AvgIpc) is 2.50. The molecule has 0 bridgehead atoms. The molecule has 22 heavy (non-hydrogen) atoms. The largest absolute Gasteiger partial charge is 0.354 e. The topological polar surface area (TPSA) is 87.3 Å². The molecule has 1 aromatic carbocycles. The van der Waals surface area contributed by atoms with Crippen LogP contribution in [0.15, 0.2) is 28.7 Å². The Hall–Kier alpha value is -1.89. The van der Waals surface area contributed by atoms with Crippen LogP contribution in [0.1, 0.15) is 30.6 Å². The van der Waals surface area contributed by atoms with E-state index in [0.29, 0.717) is 12.1 Å². The highest BCUT2D eigenvalue weighted by molar-refractivity contribution is 9.10. The van der Waals surface area contributed by atoms with Crippen molar-refractivity contribution in [3.63, 3.8) is 0 Å². The first-order valence-corrected chi connectivity index (χ1v) is 7.84. The quantitative estimate of drug-likeness (QED) is 0.674. The Morgan fingerprint density at radius 3 is 2.36 bits per heavy atom. The van der Waals surface area contributed by atoms with Crippen molar-refractivity contribution in [1.29, 1.82) is 0 Å². The van der Waals surface area contributed by atoms with Crippen LogP contribution in [0.4, 0.5) is 0 Å². The summed E-state index contributed by atoms with van der Waals surface area (Å²) in [6, 6.07) is 6.16. The second kappa shape index (κ2) is 9.19. The number of halogens is 1. The van der Waals surface area contributed by atoms with Gasteiger partial charge in [0.05, 0.1) is 6.54 Å². The molecule has 120 valence electrons. The van der Waals surface area contributed by atoms with E-state index in [4.69, 9.17) is 0 Å². The first-order valence-electron chi connectivity index (χ1n) is 7.05. The van der Waals surface area contributed by atoms with Crippen molar-refractivity contribution in [2.24, 2.45) is 0 Å². The molecule has 0 fully saturated rings. The Balaban J connectivity index is 2.37. The number of rotatable bonds is 7. The van der Waals surface area contributed by atoms with Crippen molar-refractivity contribution >= 4 is 33.7 Å². The van der Waals surface area contributed by atoms with Gasteiger partial charge in [-0.2, -0.15) is 0 Å². The Morgan fingerprint density at radius 1 is 1.14 bits per heavy atom. The van der Waals surface area contributed by atoms with Crippen LogP contribution in [-0.2, 0) is 9.59 Å². The zero-order valence-corrected chi connectivity index (χ0v) is 14.2. The monoisotopic (exact) mass is 369 g/mol. The van der Waals surface area contributed by atoms with E-state index in [2.05, 4.69) is 31.9 Å². The van der Waals surface area contributed by atoms with Gasteiger partial charge < -0.3 is 16.0 Å².